The van der Waals surface area contributed by atoms with Crippen LogP contribution in [-0.4, -0.2) is 53.6 Å². The van der Waals surface area contributed by atoms with E-state index in [-0.39, 0.29) is 12.1 Å². The molecule has 8 heteroatoms. The van der Waals surface area contributed by atoms with Crippen molar-refractivity contribution >= 4 is 23.4 Å². The molecule has 8 nitrogen and oxygen atoms in total. The summed E-state index contributed by atoms with van der Waals surface area (Å²) in [5, 5.41) is 5.58. The SMILES string of the molecule is Cc1cc(C)nc(CCNC(=O)Nc2ccc(N3CCN(C)C3=O)cc2)n1. The molecule has 0 saturated carbocycles. The second kappa shape index (κ2) is 8.03. The topological polar surface area (TPSA) is 90.5 Å². The number of benzene rings is 1. The number of amides is 4. The fraction of sp³-hybridized carbons (Fsp3) is 0.368. The Kier molecular flexibility index (Phi) is 5.54. The summed E-state index contributed by atoms with van der Waals surface area (Å²) in [6.07, 6.45) is 0.569. The lowest BCUT2D eigenvalue weighted by atomic mass is 10.2. The van der Waals surface area contributed by atoms with E-state index in [4.69, 9.17) is 0 Å². The second-order valence-electron chi connectivity index (χ2n) is 6.60. The third kappa shape index (κ3) is 4.72. The molecule has 1 saturated heterocycles. The van der Waals surface area contributed by atoms with Crippen LogP contribution in [0.3, 0.4) is 0 Å². The van der Waals surface area contributed by atoms with Gasteiger partial charge in [0, 0.05) is 55.9 Å². The number of aryl methyl sites for hydroxylation is 2. The van der Waals surface area contributed by atoms with Gasteiger partial charge >= 0.3 is 12.1 Å². The fourth-order valence-corrected chi connectivity index (χ4v) is 2.99. The Morgan fingerprint density at radius 1 is 1.11 bits per heavy atom. The van der Waals surface area contributed by atoms with Crippen molar-refractivity contribution < 1.29 is 9.59 Å². The summed E-state index contributed by atoms with van der Waals surface area (Å²) in [7, 11) is 1.78. The van der Waals surface area contributed by atoms with Crippen LogP contribution in [0.1, 0.15) is 17.2 Å². The van der Waals surface area contributed by atoms with Crippen molar-refractivity contribution in [3.05, 3.63) is 47.5 Å². The Bertz CT molecular complexity index is 816. The van der Waals surface area contributed by atoms with Crippen LogP contribution >= 0.6 is 0 Å². The molecule has 1 aromatic carbocycles. The van der Waals surface area contributed by atoms with Crippen LogP contribution in [0.25, 0.3) is 0 Å². The van der Waals surface area contributed by atoms with Crippen LogP contribution in [-0.2, 0) is 6.42 Å². The van der Waals surface area contributed by atoms with Crippen LogP contribution in [0.2, 0.25) is 0 Å². The molecule has 1 aliphatic heterocycles. The average molecular weight is 368 g/mol. The molecular formula is C19H24N6O2. The Labute approximate surface area is 158 Å². The predicted octanol–water partition coefficient (Wildman–Crippen LogP) is 2.33. The predicted molar refractivity (Wildman–Crippen MR) is 104 cm³/mol. The highest BCUT2D eigenvalue weighted by molar-refractivity contribution is 5.94. The number of nitrogens with one attached hydrogen (secondary N) is 2. The van der Waals surface area contributed by atoms with Gasteiger partial charge in [-0.3, -0.25) is 4.90 Å². The number of hydrogen-bond acceptors (Lipinski definition) is 4. The third-order valence-electron chi connectivity index (χ3n) is 4.32. The van der Waals surface area contributed by atoms with Crippen LogP contribution in [0, 0.1) is 13.8 Å². The molecule has 1 fully saturated rings. The summed E-state index contributed by atoms with van der Waals surface area (Å²) < 4.78 is 0. The molecule has 0 aliphatic carbocycles. The molecule has 0 bridgehead atoms. The zero-order valence-electron chi connectivity index (χ0n) is 15.8. The second-order valence-corrected chi connectivity index (χ2v) is 6.60. The molecular weight excluding hydrogens is 344 g/mol. The Morgan fingerprint density at radius 3 is 2.37 bits per heavy atom. The van der Waals surface area contributed by atoms with Crippen molar-refractivity contribution in [1.29, 1.82) is 0 Å². The van der Waals surface area contributed by atoms with E-state index < -0.39 is 0 Å². The lowest BCUT2D eigenvalue weighted by molar-refractivity contribution is 0.229. The van der Waals surface area contributed by atoms with Crippen molar-refractivity contribution in [2.24, 2.45) is 0 Å². The van der Waals surface area contributed by atoms with E-state index in [0.29, 0.717) is 31.7 Å². The minimum Gasteiger partial charge on any atom is -0.337 e. The minimum atomic E-state index is -0.288. The van der Waals surface area contributed by atoms with E-state index in [9.17, 15) is 9.59 Å². The fourth-order valence-electron chi connectivity index (χ4n) is 2.99. The standard InChI is InChI=1S/C19H24N6O2/c1-13-12-14(2)22-17(21-13)8-9-20-18(26)23-15-4-6-16(7-5-15)25-11-10-24(3)19(25)27/h4-7,12H,8-11H2,1-3H3,(H2,20,23,26). The number of anilines is 2. The molecule has 0 unspecified atom stereocenters. The smallest absolute Gasteiger partial charge is 0.324 e. The molecule has 1 aromatic heterocycles. The number of carbonyl (C=O) groups excluding carboxylic acids is 2. The molecule has 0 radical (unpaired) electrons. The number of likely N-dealkylation sites (N-methyl/N-ethyl adjacent to an activating group) is 1. The summed E-state index contributed by atoms with van der Waals surface area (Å²) in [5.41, 5.74) is 3.33. The van der Waals surface area contributed by atoms with Gasteiger partial charge < -0.3 is 15.5 Å². The zero-order chi connectivity index (χ0) is 19.4. The molecule has 27 heavy (non-hydrogen) atoms. The molecule has 2 heterocycles. The molecule has 4 amide bonds. The number of urea groups is 2. The molecule has 0 spiro atoms. The van der Waals surface area contributed by atoms with Gasteiger partial charge in [0.2, 0.25) is 0 Å². The van der Waals surface area contributed by atoms with E-state index in [0.717, 1.165) is 22.9 Å². The lowest BCUT2D eigenvalue weighted by Crippen LogP contribution is -2.31. The highest BCUT2D eigenvalue weighted by atomic mass is 16.2. The highest BCUT2D eigenvalue weighted by Crippen LogP contribution is 2.21. The highest BCUT2D eigenvalue weighted by Gasteiger charge is 2.26. The lowest BCUT2D eigenvalue weighted by Gasteiger charge is -2.16. The van der Waals surface area contributed by atoms with E-state index >= 15 is 0 Å². The third-order valence-corrected chi connectivity index (χ3v) is 4.32. The van der Waals surface area contributed by atoms with Crippen molar-refractivity contribution in [2.75, 3.05) is 36.9 Å². The Hall–Kier alpha value is -3.16. The van der Waals surface area contributed by atoms with Gasteiger partial charge in [-0.05, 0) is 44.2 Å². The van der Waals surface area contributed by atoms with Crippen molar-refractivity contribution in [1.82, 2.24) is 20.2 Å². The van der Waals surface area contributed by atoms with E-state index in [1.807, 2.05) is 32.0 Å². The Morgan fingerprint density at radius 2 is 1.78 bits per heavy atom. The first-order valence-electron chi connectivity index (χ1n) is 8.91. The van der Waals surface area contributed by atoms with Crippen LogP contribution < -0.4 is 15.5 Å². The van der Waals surface area contributed by atoms with Crippen molar-refractivity contribution in [3.8, 4) is 0 Å². The molecule has 2 aromatic rings. The van der Waals surface area contributed by atoms with Crippen LogP contribution in [0.5, 0.6) is 0 Å². The molecule has 142 valence electrons. The summed E-state index contributed by atoms with van der Waals surface area (Å²) in [6.45, 7) is 5.68. The Balaban J connectivity index is 1.48. The first kappa shape index (κ1) is 18.6. The number of nitrogens with zero attached hydrogens (tertiary/aromatic N) is 4. The van der Waals surface area contributed by atoms with Gasteiger partial charge in [0.25, 0.3) is 0 Å². The maximum absolute atomic E-state index is 12.0. The maximum atomic E-state index is 12.0. The molecule has 2 N–H and O–H groups in total. The summed E-state index contributed by atoms with van der Waals surface area (Å²) in [6, 6.07) is 8.85. The summed E-state index contributed by atoms with van der Waals surface area (Å²) >= 11 is 0. The van der Waals surface area contributed by atoms with Crippen LogP contribution in [0.4, 0.5) is 21.0 Å². The minimum absolute atomic E-state index is 0.0120. The number of hydrogen-bond donors (Lipinski definition) is 2. The van der Waals surface area contributed by atoms with Gasteiger partial charge in [-0.15, -0.1) is 0 Å². The summed E-state index contributed by atoms with van der Waals surface area (Å²) in [5.74, 6) is 0.720. The quantitative estimate of drug-likeness (QED) is 0.847. The molecule has 1 aliphatic rings. The first-order chi connectivity index (χ1) is 12.9. The van der Waals surface area contributed by atoms with Gasteiger partial charge in [-0.2, -0.15) is 0 Å². The van der Waals surface area contributed by atoms with Gasteiger partial charge in [0.05, 0.1) is 0 Å². The van der Waals surface area contributed by atoms with Crippen molar-refractivity contribution in [3.63, 3.8) is 0 Å². The van der Waals surface area contributed by atoms with E-state index in [1.165, 1.54) is 0 Å². The average Bonchev–Trinajstić information content (AvgIpc) is 2.94. The molecule has 0 atom stereocenters. The number of carbonyl (C=O) groups is 2. The number of rotatable bonds is 5. The normalized spacial score (nSPS) is 13.8. The monoisotopic (exact) mass is 368 g/mol. The first-order valence-corrected chi connectivity index (χ1v) is 8.91. The van der Waals surface area contributed by atoms with E-state index in [1.54, 1.807) is 29.0 Å². The van der Waals surface area contributed by atoms with Gasteiger partial charge in [-0.25, -0.2) is 19.6 Å². The summed E-state index contributed by atoms with van der Waals surface area (Å²) in [4.78, 5) is 36.2. The molecule has 3 rings (SSSR count). The van der Waals surface area contributed by atoms with Crippen molar-refractivity contribution in [2.45, 2.75) is 20.3 Å². The zero-order valence-corrected chi connectivity index (χ0v) is 15.8. The largest absolute Gasteiger partial charge is 0.337 e. The number of aromatic nitrogens is 2. The maximum Gasteiger partial charge on any atom is 0.324 e. The van der Waals surface area contributed by atoms with Gasteiger partial charge in [0.1, 0.15) is 5.82 Å². The van der Waals surface area contributed by atoms with Gasteiger partial charge in [-0.1, -0.05) is 0 Å². The van der Waals surface area contributed by atoms with Gasteiger partial charge in [0.15, 0.2) is 0 Å². The van der Waals surface area contributed by atoms with E-state index in [2.05, 4.69) is 20.6 Å². The van der Waals surface area contributed by atoms with Crippen LogP contribution in [0.15, 0.2) is 30.3 Å².